The monoisotopic (exact) mass is 1500 g/mol. The van der Waals surface area contributed by atoms with E-state index in [2.05, 4.69) is 86.0 Å². The Bertz CT molecular complexity index is 6270. The molecular formula is C105H68F6N2O2. The number of nitrogens with zero attached hydrogens (tertiary/aromatic N) is 2. The third kappa shape index (κ3) is 10.6. The number of halogens is 6. The SMILES string of the molecule is C=Cc1ccc(Oc2ccc(C3(c4c(F)cccc4F)c4ccccc4-c4ccc(N(c5ccc(C)c(F)c5)c5ccc6c(c5)C5(c7ccccc7-6)c6ccccc6-c6ccc(N(c7ccc(C)c(F)c7)c7ccc8c(c7)C(c7ccc(Oc9ccc(C=C)cc9)cc7)(c7c(F)cccc7F)c7ccccc7-8)cc65)cc43)cc2)cc1. The first-order valence-corrected chi connectivity index (χ1v) is 38.2. The van der Waals surface area contributed by atoms with Gasteiger partial charge >= 0.3 is 0 Å². The summed E-state index contributed by atoms with van der Waals surface area (Å²) >= 11 is 0. The molecule has 10 heteroatoms. The van der Waals surface area contributed by atoms with E-state index in [1.54, 1.807) is 38.1 Å². The van der Waals surface area contributed by atoms with Crippen LogP contribution in [0.15, 0.2) is 353 Å². The molecule has 20 rings (SSSR count). The van der Waals surface area contributed by atoms with Crippen molar-refractivity contribution in [3.05, 3.63) is 477 Å². The average Bonchev–Trinajstić information content (AvgIpc) is 1.51. The number of rotatable bonds is 16. The highest BCUT2D eigenvalue weighted by Gasteiger charge is 2.54. The molecule has 0 aliphatic heterocycles. The second kappa shape index (κ2) is 27.0. The minimum Gasteiger partial charge on any atom is -0.457 e. The zero-order chi connectivity index (χ0) is 78.2. The highest BCUT2D eigenvalue weighted by molar-refractivity contribution is 5.99. The number of anilines is 6. The first-order chi connectivity index (χ1) is 56.2. The molecule has 115 heavy (non-hydrogen) atoms. The van der Waals surface area contributed by atoms with Gasteiger partial charge in [-0.05, 0) is 282 Å². The van der Waals surface area contributed by atoms with Gasteiger partial charge in [-0.3, -0.25) is 0 Å². The van der Waals surface area contributed by atoms with Crippen LogP contribution in [0.3, 0.4) is 0 Å². The summed E-state index contributed by atoms with van der Waals surface area (Å²) in [6.07, 6.45) is 3.52. The van der Waals surface area contributed by atoms with Gasteiger partial charge in [-0.25, -0.2) is 26.3 Å². The van der Waals surface area contributed by atoms with Crippen LogP contribution >= 0.6 is 0 Å². The molecule has 0 saturated heterocycles. The van der Waals surface area contributed by atoms with Crippen molar-refractivity contribution in [1.82, 2.24) is 0 Å². The summed E-state index contributed by atoms with van der Waals surface area (Å²) < 4.78 is 117. The maximum absolute atomic E-state index is 17.6. The maximum atomic E-state index is 17.6. The fourth-order valence-corrected chi connectivity index (χ4v) is 18.9. The van der Waals surface area contributed by atoms with Gasteiger partial charge in [0.2, 0.25) is 0 Å². The Hall–Kier alpha value is -14.2. The summed E-state index contributed by atoms with van der Waals surface area (Å²) in [4.78, 5) is 4.05. The van der Waals surface area contributed by atoms with E-state index in [4.69, 9.17) is 9.47 Å². The Balaban J connectivity index is 0.781. The number of hydrogen-bond donors (Lipinski definition) is 0. The molecule has 2 unspecified atom stereocenters. The molecule has 0 aromatic heterocycles. The van der Waals surface area contributed by atoms with Gasteiger partial charge in [-0.1, -0.05) is 219 Å². The predicted octanol–water partition coefficient (Wildman–Crippen LogP) is 28.0. The summed E-state index contributed by atoms with van der Waals surface area (Å²) in [7, 11) is 0. The average molecular weight is 1500 g/mol. The summed E-state index contributed by atoms with van der Waals surface area (Å²) in [5.41, 5.74) is 16.1. The molecule has 0 saturated carbocycles. The van der Waals surface area contributed by atoms with Gasteiger partial charge < -0.3 is 19.3 Å². The quantitative estimate of drug-likeness (QED) is 0.0900. The van der Waals surface area contributed by atoms with Gasteiger partial charge in [-0.15, -0.1) is 0 Å². The van der Waals surface area contributed by atoms with E-state index in [0.717, 1.165) is 77.9 Å². The first kappa shape index (κ1) is 69.9. The topological polar surface area (TPSA) is 24.9 Å². The standard InChI is InChI=1S/C105H68F6N2O2/c1-5-65-31-45-75(46-32-65)114-77-49-35-67(36-50-77)103(101-95(106)25-15-26-96(101)107)87-21-11-7-17-79(87)83-53-41-69(57-91(83)103)112(73-39-29-63(3)99(110)61-73)71-43-55-85-81-19-9-13-23-89(81)105(93(85)59-71)90-24-14-10-20-82(90)86-56-44-72(60-94(86)105)113(74-40-30-64(4)100(111)62-74)70-42-54-84-80-18-8-12-22-88(80)104(92(84)58-70,102-97(108)27-16-28-98(102)109)68-37-51-78(52-38-68)115-76-47-33-66(6-2)34-48-76/h5-62H,1-2H2,3-4H3. The minimum absolute atomic E-state index is 0.158. The van der Waals surface area contributed by atoms with Gasteiger partial charge in [-0.2, -0.15) is 0 Å². The summed E-state index contributed by atoms with van der Waals surface area (Å²) in [6.45, 7) is 11.2. The number of aryl methyl sites for hydroxylation is 2. The van der Waals surface area contributed by atoms with Crippen LogP contribution in [0.4, 0.5) is 60.5 Å². The molecular weight excluding hydrogens is 1440 g/mol. The largest absolute Gasteiger partial charge is 0.457 e. The van der Waals surface area contributed by atoms with Crippen LogP contribution in [0, 0.1) is 48.8 Å². The van der Waals surface area contributed by atoms with Crippen molar-refractivity contribution in [3.8, 4) is 67.5 Å². The minimum atomic E-state index is -1.60. The van der Waals surface area contributed by atoms with Crippen LogP contribution in [-0.4, -0.2) is 0 Å². The van der Waals surface area contributed by atoms with Crippen LogP contribution in [-0.2, 0) is 16.2 Å². The van der Waals surface area contributed by atoms with Crippen molar-refractivity contribution in [2.24, 2.45) is 0 Å². The van der Waals surface area contributed by atoms with E-state index in [0.29, 0.717) is 102 Å². The number of fused-ring (bicyclic) bond motifs is 16. The van der Waals surface area contributed by atoms with Crippen LogP contribution in [0.5, 0.6) is 23.0 Å². The molecule has 0 bridgehead atoms. The number of benzene rings is 16. The molecule has 4 aliphatic rings. The second-order valence-corrected chi connectivity index (χ2v) is 29.9. The predicted molar refractivity (Wildman–Crippen MR) is 449 cm³/mol. The molecule has 0 fully saturated rings. The fraction of sp³-hybridized carbons (Fsp3) is 0.0476. The van der Waals surface area contributed by atoms with E-state index < -0.39 is 51.1 Å². The van der Waals surface area contributed by atoms with Crippen molar-refractivity contribution in [2.75, 3.05) is 9.80 Å². The third-order valence-corrected chi connectivity index (χ3v) is 23.9. The fourth-order valence-electron chi connectivity index (χ4n) is 18.9. The third-order valence-electron chi connectivity index (χ3n) is 23.9. The van der Waals surface area contributed by atoms with Gasteiger partial charge in [0.25, 0.3) is 0 Å². The van der Waals surface area contributed by atoms with Gasteiger partial charge in [0.05, 0.1) is 16.2 Å². The van der Waals surface area contributed by atoms with Crippen molar-refractivity contribution in [2.45, 2.75) is 30.1 Å². The highest BCUT2D eigenvalue weighted by Crippen LogP contribution is 2.66. The summed E-state index contributed by atoms with van der Waals surface area (Å²) in [5.74, 6) is -1.60. The molecule has 16 aromatic rings. The zero-order valence-corrected chi connectivity index (χ0v) is 62.4. The lowest BCUT2D eigenvalue weighted by Crippen LogP contribution is -2.31. The van der Waals surface area contributed by atoms with Crippen LogP contribution in [0.1, 0.15) is 89.0 Å². The van der Waals surface area contributed by atoms with E-state index in [1.807, 2.05) is 216 Å². The molecule has 4 aliphatic carbocycles. The Morgan fingerprint density at radius 2 is 0.496 bits per heavy atom. The Morgan fingerprint density at radius 3 is 0.791 bits per heavy atom. The molecule has 552 valence electrons. The first-order valence-electron chi connectivity index (χ1n) is 38.2. The summed E-state index contributed by atoms with van der Waals surface area (Å²) in [5, 5.41) is 0. The smallest absolute Gasteiger partial charge is 0.130 e. The number of ether oxygens (including phenoxy) is 2. The summed E-state index contributed by atoms with van der Waals surface area (Å²) in [6, 6.07) is 105. The van der Waals surface area contributed by atoms with Crippen molar-refractivity contribution < 1.29 is 35.8 Å². The molecule has 2 atom stereocenters. The van der Waals surface area contributed by atoms with E-state index in [9.17, 15) is 0 Å². The van der Waals surface area contributed by atoms with Crippen LogP contribution in [0.25, 0.3) is 56.7 Å². The van der Waals surface area contributed by atoms with Gasteiger partial charge in [0, 0.05) is 45.3 Å². The molecule has 0 amide bonds. The van der Waals surface area contributed by atoms with E-state index in [1.165, 1.54) is 48.5 Å². The van der Waals surface area contributed by atoms with Gasteiger partial charge in [0.15, 0.2) is 0 Å². The van der Waals surface area contributed by atoms with Crippen molar-refractivity contribution >= 4 is 46.3 Å². The number of hydrogen-bond acceptors (Lipinski definition) is 4. The van der Waals surface area contributed by atoms with Crippen LogP contribution in [0.2, 0.25) is 0 Å². The molecule has 4 nitrogen and oxygen atoms in total. The molecule has 1 spiro atoms. The maximum Gasteiger partial charge on any atom is 0.130 e. The van der Waals surface area contributed by atoms with Crippen molar-refractivity contribution in [1.29, 1.82) is 0 Å². The van der Waals surface area contributed by atoms with Crippen molar-refractivity contribution in [3.63, 3.8) is 0 Å². The van der Waals surface area contributed by atoms with Gasteiger partial charge in [0.1, 0.15) is 57.9 Å². The normalized spacial score (nSPS) is 16.0. The molecule has 0 heterocycles. The lowest BCUT2D eigenvalue weighted by molar-refractivity contribution is 0.481. The highest BCUT2D eigenvalue weighted by atomic mass is 19.2. The lowest BCUT2D eigenvalue weighted by Gasteiger charge is -2.36. The zero-order valence-electron chi connectivity index (χ0n) is 62.4. The Kier molecular flexibility index (Phi) is 16.4. The van der Waals surface area contributed by atoms with E-state index >= 15 is 26.3 Å². The van der Waals surface area contributed by atoms with Crippen LogP contribution < -0.4 is 19.3 Å². The molecule has 16 aromatic carbocycles. The Morgan fingerprint density at radius 1 is 0.243 bits per heavy atom. The second-order valence-electron chi connectivity index (χ2n) is 29.9. The van der Waals surface area contributed by atoms with E-state index in [-0.39, 0.29) is 11.1 Å². The Labute approximate surface area is 662 Å². The molecule has 0 radical (unpaired) electrons. The lowest BCUT2D eigenvalue weighted by atomic mass is 9.67. The molecule has 0 N–H and O–H groups in total.